The zero-order chi connectivity index (χ0) is 12.8. The lowest BCUT2D eigenvalue weighted by Gasteiger charge is -2.14. The third-order valence-electron chi connectivity index (χ3n) is 3.73. The summed E-state index contributed by atoms with van der Waals surface area (Å²) in [5.41, 5.74) is 1.41. The first-order valence-electron chi connectivity index (χ1n) is 7.26. The third-order valence-corrected chi connectivity index (χ3v) is 3.73. The molecule has 0 aliphatic carbocycles. The molecule has 1 aliphatic heterocycles. The lowest BCUT2D eigenvalue weighted by atomic mass is 9.94. The Hall–Kier alpha value is -1.02. The first-order valence-corrected chi connectivity index (χ1v) is 7.26. The van der Waals surface area contributed by atoms with Gasteiger partial charge in [0.15, 0.2) is 0 Å². The first kappa shape index (κ1) is 13.4. The van der Waals surface area contributed by atoms with Crippen LogP contribution in [0.1, 0.15) is 51.0 Å². The number of para-hydroxylation sites is 1. The molecule has 18 heavy (non-hydrogen) atoms. The summed E-state index contributed by atoms with van der Waals surface area (Å²) < 4.78 is 5.72. The van der Waals surface area contributed by atoms with Crippen LogP contribution >= 0.6 is 0 Å². The maximum absolute atomic E-state index is 5.72. The zero-order valence-electron chi connectivity index (χ0n) is 11.6. The van der Waals surface area contributed by atoms with Crippen molar-refractivity contribution in [3.63, 3.8) is 0 Å². The standard InChI is InChI=1S/C16H25NO/c1-3-11-17-13(2)7-6-8-14-12-18-16-10-5-4-9-15(14)16/h4-5,9-10,13-14,17H,3,6-8,11-12H2,1-2H3. The van der Waals surface area contributed by atoms with Crippen LogP contribution in [0.4, 0.5) is 0 Å². The summed E-state index contributed by atoms with van der Waals surface area (Å²) >= 11 is 0. The van der Waals surface area contributed by atoms with Crippen LogP contribution in [0.2, 0.25) is 0 Å². The average molecular weight is 247 g/mol. The molecule has 0 bridgehead atoms. The van der Waals surface area contributed by atoms with Gasteiger partial charge in [0, 0.05) is 17.5 Å². The fraction of sp³-hybridized carbons (Fsp3) is 0.625. The summed E-state index contributed by atoms with van der Waals surface area (Å²) in [4.78, 5) is 0. The van der Waals surface area contributed by atoms with Crippen LogP contribution < -0.4 is 10.1 Å². The molecule has 0 aromatic heterocycles. The molecule has 1 heterocycles. The molecule has 1 aromatic rings. The van der Waals surface area contributed by atoms with Crippen molar-refractivity contribution in [2.24, 2.45) is 0 Å². The van der Waals surface area contributed by atoms with Crippen molar-refractivity contribution in [2.45, 2.75) is 51.5 Å². The Bertz CT molecular complexity index is 364. The second kappa shape index (κ2) is 6.79. The van der Waals surface area contributed by atoms with Crippen LogP contribution in [-0.4, -0.2) is 19.2 Å². The predicted octanol–water partition coefficient (Wildman–Crippen LogP) is 3.72. The van der Waals surface area contributed by atoms with Crippen molar-refractivity contribution in [3.8, 4) is 5.75 Å². The number of benzene rings is 1. The largest absolute Gasteiger partial charge is 0.493 e. The predicted molar refractivity (Wildman–Crippen MR) is 76.3 cm³/mol. The zero-order valence-corrected chi connectivity index (χ0v) is 11.6. The van der Waals surface area contributed by atoms with E-state index in [1.54, 1.807) is 0 Å². The van der Waals surface area contributed by atoms with Crippen LogP contribution in [0.25, 0.3) is 0 Å². The van der Waals surface area contributed by atoms with E-state index < -0.39 is 0 Å². The highest BCUT2D eigenvalue weighted by molar-refractivity contribution is 5.39. The summed E-state index contributed by atoms with van der Waals surface area (Å²) in [5.74, 6) is 1.71. The number of fused-ring (bicyclic) bond motifs is 1. The molecule has 0 radical (unpaired) electrons. The highest BCUT2D eigenvalue weighted by Gasteiger charge is 2.22. The van der Waals surface area contributed by atoms with Gasteiger partial charge in [0.2, 0.25) is 0 Å². The monoisotopic (exact) mass is 247 g/mol. The van der Waals surface area contributed by atoms with Crippen molar-refractivity contribution in [1.29, 1.82) is 0 Å². The molecule has 2 rings (SSSR count). The molecule has 2 unspecified atom stereocenters. The molecule has 1 aromatic carbocycles. The summed E-state index contributed by atoms with van der Waals surface area (Å²) in [6.07, 6.45) is 5.00. The van der Waals surface area contributed by atoms with Crippen molar-refractivity contribution in [1.82, 2.24) is 5.32 Å². The number of rotatable bonds is 7. The van der Waals surface area contributed by atoms with E-state index in [-0.39, 0.29) is 0 Å². The SMILES string of the molecule is CCCNC(C)CCCC1COc2ccccc21. The van der Waals surface area contributed by atoms with Crippen LogP contribution in [0.3, 0.4) is 0 Å². The summed E-state index contributed by atoms with van der Waals surface area (Å²) in [7, 11) is 0. The molecule has 0 saturated carbocycles. The van der Waals surface area contributed by atoms with Gasteiger partial charge in [-0.3, -0.25) is 0 Å². The molecular formula is C16H25NO. The van der Waals surface area contributed by atoms with Crippen LogP contribution in [-0.2, 0) is 0 Å². The molecular weight excluding hydrogens is 222 g/mol. The highest BCUT2D eigenvalue weighted by atomic mass is 16.5. The van der Waals surface area contributed by atoms with Crippen LogP contribution in [0.15, 0.2) is 24.3 Å². The smallest absolute Gasteiger partial charge is 0.122 e. The number of ether oxygens (including phenoxy) is 1. The Balaban J connectivity index is 1.72. The molecule has 100 valence electrons. The van der Waals surface area contributed by atoms with Crippen molar-refractivity contribution < 1.29 is 4.74 Å². The van der Waals surface area contributed by atoms with Crippen molar-refractivity contribution in [3.05, 3.63) is 29.8 Å². The topological polar surface area (TPSA) is 21.3 Å². The highest BCUT2D eigenvalue weighted by Crippen LogP contribution is 2.36. The van der Waals surface area contributed by atoms with Crippen molar-refractivity contribution in [2.75, 3.05) is 13.2 Å². The molecule has 1 N–H and O–H groups in total. The van der Waals surface area contributed by atoms with Crippen LogP contribution in [0, 0.1) is 0 Å². The van der Waals surface area contributed by atoms with Gasteiger partial charge in [-0.25, -0.2) is 0 Å². The molecule has 1 aliphatic rings. The Morgan fingerprint density at radius 3 is 3.06 bits per heavy atom. The summed E-state index contributed by atoms with van der Waals surface area (Å²) in [6, 6.07) is 9.11. The lowest BCUT2D eigenvalue weighted by Crippen LogP contribution is -2.26. The molecule has 0 saturated heterocycles. The van der Waals surface area contributed by atoms with Gasteiger partial charge in [0.1, 0.15) is 5.75 Å². The second-order valence-corrected chi connectivity index (χ2v) is 5.33. The fourth-order valence-corrected chi connectivity index (χ4v) is 2.63. The second-order valence-electron chi connectivity index (χ2n) is 5.33. The summed E-state index contributed by atoms with van der Waals surface area (Å²) in [5, 5.41) is 3.55. The number of nitrogens with one attached hydrogen (secondary N) is 1. The van der Waals surface area contributed by atoms with E-state index in [9.17, 15) is 0 Å². The van der Waals surface area contributed by atoms with Gasteiger partial charge in [0.25, 0.3) is 0 Å². The van der Waals surface area contributed by atoms with Gasteiger partial charge in [-0.2, -0.15) is 0 Å². The molecule has 0 amide bonds. The lowest BCUT2D eigenvalue weighted by molar-refractivity contribution is 0.320. The molecule has 2 atom stereocenters. The van der Waals surface area contributed by atoms with E-state index in [1.807, 2.05) is 0 Å². The minimum absolute atomic E-state index is 0.611. The minimum atomic E-state index is 0.611. The maximum Gasteiger partial charge on any atom is 0.122 e. The van der Waals surface area contributed by atoms with Gasteiger partial charge in [0.05, 0.1) is 6.61 Å². The minimum Gasteiger partial charge on any atom is -0.493 e. The first-order chi connectivity index (χ1) is 8.81. The third kappa shape index (κ3) is 3.49. The van der Waals surface area contributed by atoms with E-state index >= 15 is 0 Å². The van der Waals surface area contributed by atoms with Gasteiger partial charge >= 0.3 is 0 Å². The Kier molecular flexibility index (Phi) is 5.06. The van der Waals surface area contributed by atoms with Gasteiger partial charge in [-0.1, -0.05) is 31.5 Å². The van der Waals surface area contributed by atoms with E-state index in [2.05, 4.69) is 43.4 Å². The molecule has 0 fully saturated rings. The molecule has 0 spiro atoms. The van der Waals surface area contributed by atoms with E-state index in [0.717, 1.165) is 18.9 Å². The normalized spacial score (nSPS) is 19.3. The molecule has 2 nitrogen and oxygen atoms in total. The fourth-order valence-electron chi connectivity index (χ4n) is 2.63. The number of hydrogen-bond acceptors (Lipinski definition) is 2. The average Bonchev–Trinajstić information content (AvgIpc) is 2.80. The summed E-state index contributed by atoms with van der Waals surface area (Å²) in [6.45, 7) is 6.51. The Morgan fingerprint density at radius 1 is 1.39 bits per heavy atom. The van der Waals surface area contributed by atoms with E-state index in [0.29, 0.717) is 12.0 Å². The number of hydrogen-bond donors (Lipinski definition) is 1. The molecule has 2 heteroatoms. The van der Waals surface area contributed by atoms with Crippen molar-refractivity contribution >= 4 is 0 Å². The van der Waals surface area contributed by atoms with Gasteiger partial charge in [-0.15, -0.1) is 0 Å². The van der Waals surface area contributed by atoms with Gasteiger partial charge < -0.3 is 10.1 Å². The van der Waals surface area contributed by atoms with E-state index in [1.165, 1.54) is 31.2 Å². The Morgan fingerprint density at radius 2 is 2.22 bits per heavy atom. The maximum atomic E-state index is 5.72. The quantitative estimate of drug-likeness (QED) is 0.793. The van der Waals surface area contributed by atoms with Crippen LogP contribution in [0.5, 0.6) is 5.75 Å². The Labute approximate surface area is 111 Å². The van der Waals surface area contributed by atoms with E-state index in [4.69, 9.17) is 4.74 Å². The van der Waals surface area contributed by atoms with Gasteiger partial charge in [-0.05, 0) is 38.8 Å².